The highest BCUT2D eigenvalue weighted by Gasteiger charge is 1.95. The zero-order chi connectivity index (χ0) is 8.27. The van der Waals surface area contributed by atoms with Crippen LogP contribution in [0, 0.1) is 24.9 Å². The molecule has 0 spiro atoms. The summed E-state index contributed by atoms with van der Waals surface area (Å²) < 4.78 is 0. The molecule has 0 saturated carbocycles. The standard InChI is InChI=1S/C9H8NO/c1-7-2-8(5-10)4-9(3-7)6-11/h2-4,6,11H,1H3. The Bertz CT molecular complexity index is 299. The minimum absolute atomic E-state index is 0.574. The molecule has 0 aliphatic heterocycles. The van der Waals surface area contributed by atoms with Gasteiger partial charge in [0.05, 0.1) is 11.6 Å². The lowest BCUT2D eigenvalue weighted by Crippen LogP contribution is -1.84. The van der Waals surface area contributed by atoms with E-state index in [0.29, 0.717) is 11.1 Å². The summed E-state index contributed by atoms with van der Waals surface area (Å²) in [6, 6.07) is 7.22. The highest BCUT2D eigenvalue weighted by molar-refractivity contribution is 5.38. The molecule has 0 heterocycles. The highest BCUT2D eigenvalue weighted by atomic mass is 16.3. The SMILES string of the molecule is Cc1cc(C#N)cc([CH]O)c1. The Balaban J connectivity index is 3.15. The van der Waals surface area contributed by atoms with E-state index >= 15 is 0 Å². The van der Waals surface area contributed by atoms with Gasteiger partial charge in [0, 0.05) is 0 Å². The van der Waals surface area contributed by atoms with Gasteiger partial charge in [0.25, 0.3) is 0 Å². The van der Waals surface area contributed by atoms with Crippen molar-refractivity contribution in [3.8, 4) is 6.07 Å². The molecule has 0 aliphatic carbocycles. The van der Waals surface area contributed by atoms with Gasteiger partial charge >= 0.3 is 0 Å². The summed E-state index contributed by atoms with van der Waals surface area (Å²) in [6.45, 7) is 2.88. The van der Waals surface area contributed by atoms with Crippen molar-refractivity contribution < 1.29 is 5.11 Å². The van der Waals surface area contributed by atoms with Crippen LogP contribution < -0.4 is 0 Å². The van der Waals surface area contributed by atoms with Gasteiger partial charge in [-0.25, -0.2) is 0 Å². The summed E-state index contributed by atoms with van der Waals surface area (Å²) in [6.07, 6.45) is 0. The van der Waals surface area contributed by atoms with Crippen LogP contribution in [0.15, 0.2) is 18.2 Å². The molecule has 1 aromatic carbocycles. The Morgan fingerprint density at radius 2 is 2.18 bits per heavy atom. The maximum Gasteiger partial charge on any atom is 0.109 e. The first-order chi connectivity index (χ1) is 5.26. The second-order valence-electron chi connectivity index (χ2n) is 2.37. The van der Waals surface area contributed by atoms with Gasteiger partial charge < -0.3 is 5.11 Å². The lowest BCUT2D eigenvalue weighted by atomic mass is 10.1. The number of nitrogens with zero attached hydrogens (tertiary/aromatic N) is 1. The Kier molecular flexibility index (Phi) is 2.25. The molecule has 0 atom stereocenters. The summed E-state index contributed by atoms with van der Waals surface area (Å²) >= 11 is 0. The molecule has 1 aromatic rings. The molecular formula is C9H8NO. The Hall–Kier alpha value is -1.33. The van der Waals surface area contributed by atoms with E-state index in [9.17, 15) is 0 Å². The van der Waals surface area contributed by atoms with E-state index in [2.05, 4.69) is 0 Å². The summed E-state index contributed by atoms with van der Waals surface area (Å²) in [7, 11) is 0. The Morgan fingerprint density at radius 1 is 1.45 bits per heavy atom. The van der Waals surface area contributed by atoms with E-state index in [0.717, 1.165) is 12.2 Å². The third-order valence-corrected chi connectivity index (χ3v) is 1.38. The predicted molar refractivity (Wildman–Crippen MR) is 41.2 cm³/mol. The number of aliphatic hydroxyl groups is 1. The molecule has 2 heteroatoms. The molecule has 0 unspecified atom stereocenters. The predicted octanol–water partition coefficient (Wildman–Crippen LogP) is 1.75. The monoisotopic (exact) mass is 146 g/mol. The van der Waals surface area contributed by atoms with Crippen LogP contribution in [0.4, 0.5) is 0 Å². The molecule has 11 heavy (non-hydrogen) atoms. The van der Waals surface area contributed by atoms with Gasteiger partial charge in [0.15, 0.2) is 0 Å². The van der Waals surface area contributed by atoms with Crippen LogP contribution in [0.25, 0.3) is 0 Å². The van der Waals surface area contributed by atoms with Crippen LogP contribution in [-0.4, -0.2) is 5.11 Å². The van der Waals surface area contributed by atoms with Crippen molar-refractivity contribution in [2.75, 3.05) is 0 Å². The second kappa shape index (κ2) is 3.18. The van der Waals surface area contributed by atoms with Crippen molar-refractivity contribution in [1.82, 2.24) is 0 Å². The summed E-state index contributed by atoms with van der Waals surface area (Å²) in [5, 5.41) is 17.2. The topological polar surface area (TPSA) is 44.0 Å². The molecule has 1 N–H and O–H groups in total. The largest absolute Gasteiger partial charge is 0.385 e. The zero-order valence-electron chi connectivity index (χ0n) is 6.20. The first-order valence-corrected chi connectivity index (χ1v) is 3.25. The van der Waals surface area contributed by atoms with Crippen molar-refractivity contribution in [1.29, 1.82) is 5.26 Å². The van der Waals surface area contributed by atoms with Gasteiger partial charge in [-0.2, -0.15) is 5.26 Å². The molecule has 1 radical (unpaired) electrons. The maximum absolute atomic E-state index is 8.65. The fraction of sp³-hybridized carbons (Fsp3) is 0.111. The van der Waals surface area contributed by atoms with Crippen LogP contribution in [0.3, 0.4) is 0 Å². The number of hydrogen-bond acceptors (Lipinski definition) is 2. The van der Waals surface area contributed by atoms with Crippen LogP contribution in [0.5, 0.6) is 0 Å². The lowest BCUT2D eigenvalue weighted by molar-refractivity contribution is 0.415. The molecule has 0 aliphatic rings. The molecule has 0 fully saturated rings. The normalized spacial score (nSPS) is 9.18. The maximum atomic E-state index is 8.65. The molecule has 0 saturated heterocycles. The average Bonchev–Trinajstić information content (AvgIpc) is 2.03. The van der Waals surface area contributed by atoms with Crippen LogP contribution in [-0.2, 0) is 0 Å². The summed E-state index contributed by atoms with van der Waals surface area (Å²) in [5.41, 5.74) is 2.22. The van der Waals surface area contributed by atoms with Gasteiger partial charge in [0.2, 0.25) is 0 Å². The number of benzene rings is 1. The fourth-order valence-electron chi connectivity index (χ4n) is 0.952. The van der Waals surface area contributed by atoms with E-state index in [1.54, 1.807) is 18.2 Å². The molecular weight excluding hydrogens is 138 g/mol. The van der Waals surface area contributed by atoms with E-state index in [-0.39, 0.29) is 0 Å². The molecule has 2 nitrogen and oxygen atoms in total. The van der Waals surface area contributed by atoms with Crippen LogP contribution in [0.1, 0.15) is 16.7 Å². The lowest BCUT2D eigenvalue weighted by Gasteiger charge is -1.97. The molecule has 1 rings (SSSR count). The van der Waals surface area contributed by atoms with Gasteiger partial charge in [-0.15, -0.1) is 0 Å². The van der Waals surface area contributed by atoms with Crippen molar-refractivity contribution in [2.24, 2.45) is 0 Å². The highest BCUT2D eigenvalue weighted by Crippen LogP contribution is 2.09. The number of aryl methyl sites for hydroxylation is 1. The van der Waals surface area contributed by atoms with Gasteiger partial charge in [-0.3, -0.25) is 0 Å². The summed E-state index contributed by atoms with van der Waals surface area (Å²) in [5.74, 6) is 0. The number of rotatable bonds is 1. The number of nitriles is 1. The van der Waals surface area contributed by atoms with E-state index in [4.69, 9.17) is 10.4 Å². The summed E-state index contributed by atoms with van der Waals surface area (Å²) in [4.78, 5) is 0. The van der Waals surface area contributed by atoms with Gasteiger partial charge in [0.1, 0.15) is 6.61 Å². The molecule has 0 amide bonds. The quantitative estimate of drug-likeness (QED) is 0.655. The molecule has 0 aromatic heterocycles. The minimum Gasteiger partial charge on any atom is -0.385 e. The van der Waals surface area contributed by atoms with E-state index < -0.39 is 0 Å². The van der Waals surface area contributed by atoms with Crippen molar-refractivity contribution in [3.05, 3.63) is 41.5 Å². The molecule has 55 valence electrons. The first-order valence-electron chi connectivity index (χ1n) is 3.25. The Labute approximate surface area is 65.7 Å². The van der Waals surface area contributed by atoms with Gasteiger partial charge in [-0.05, 0) is 30.2 Å². The van der Waals surface area contributed by atoms with Crippen molar-refractivity contribution >= 4 is 0 Å². The number of aliphatic hydroxyl groups excluding tert-OH is 1. The smallest absolute Gasteiger partial charge is 0.109 e. The van der Waals surface area contributed by atoms with E-state index in [1.165, 1.54) is 0 Å². The van der Waals surface area contributed by atoms with Gasteiger partial charge in [-0.1, -0.05) is 6.07 Å². The zero-order valence-corrected chi connectivity index (χ0v) is 6.20. The van der Waals surface area contributed by atoms with E-state index in [1.807, 2.05) is 13.0 Å². The first kappa shape index (κ1) is 7.77. The van der Waals surface area contributed by atoms with Crippen LogP contribution in [0.2, 0.25) is 0 Å². The van der Waals surface area contributed by atoms with Crippen LogP contribution >= 0.6 is 0 Å². The van der Waals surface area contributed by atoms with Crippen molar-refractivity contribution in [2.45, 2.75) is 6.92 Å². The third kappa shape index (κ3) is 1.79. The third-order valence-electron chi connectivity index (χ3n) is 1.38. The second-order valence-corrected chi connectivity index (χ2v) is 2.37. The fourth-order valence-corrected chi connectivity index (χ4v) is 0.952. The van der Waals surface area contributed by atoms with Crippen molar-refractivity contribution in [3.63, 3.8) is 0 Å². The minimum atomic E-state index is 0.574. The number of hydrogen-bond donors (Lipinski definition) is 1. The average molecular weight is 146 g/mol. The molecule has 0 bridgehead atoms. The Morgan fingerprint density at radius 3 is 2.73 bits per heavy atom.